The number of benzene rings is 2. The minimum atomic E-state index is -0.889. The molecule has 0 spiro atoms. The first-order valence-corrected chi connectivity index (χ1v) is 8.43. The van der Waals surface area contributed by atoms with Crippen LogP contribution < -0.4 is 15.0 Å². The summed E-state index contributed by atoms with van der Waals surface area (Å²) in [6.45, 7) is -0.151. The molecule has 8 heteroatoms. The van der Waals surface area contributed by atoms with Gasteiger partial charge in [0.1, 0.15) is 5.76 Å². The van der Waals surface area contributed by atoms with E-state index < -0.39 is 29.2 Å². The third kappa shape index (κ3) is 3.40. The van der Waals surface area contributed by atoms with Crippen molar-refractivity contribution in [2.24, 2.45) is 0 Å². The highest BCUT2D eigenvalue weighted by atomic mass is 19.1. The summed E-state index contributed by atoms with van der Waals surface area (Å²) in [5.74, 6) is -3.67. The quantitative estimate of drug-likeness (QED) is 0.844. The Labute approximate surface area is 160 Å². The molecule has 0 saturated heterocycles. The number of halogens is 2. The first-order valence-electron chi connectivity index (χ1n) is 8.43. The second kappa shape index (κ2) is 7.67. The topological polar surface area (TPSA) is 78.9 Å². The molecule has 6 nitrogen and oxygen atoms in total. The molecule has 0 bridgehead atoms. The summed E-state index contributed by atoms with van der Waals surface area (Å²) >= 11 is 0. The van der Waals surface area contributed by atoms with Crippen molar-refractivity contribution in [1.29, 1.82) is 0 Å². The Morgan fingerprint density at radius 2 is 1.89 bits per heavy atom. The second-order valence-corrected chi connectivity index (χ2v) is 6.17. The van der Waals surface area contributed by atoms with E-state index >= 15 is 0 Å². The summed E-state index contributed by atoms with van der Waals surface area (Å²) < 4.78 is 32.8. The molecule has 0 aliphatic carbocycles. The van der Waals surface area contributed by atoms with Gasteiger partial charge < -0.3 is 20.1 Å². The Morgan fingerprint density at radius 3 is 2.50 bits per heavy atom. The number of methoxy groups -OCH3 is 1. The van der Waals surface area contributed by atoms with Gasteiger partial charge >= 0.3 is 0 Å². The Hall–Kier alpha value is -3.42. The number of ether oxygens (including phenoxy) is 1. The van der Waals surface area contributed by atoms with Crippen LogP contribution in [0.25, 0.3) is 5.76 Å². The van der Waals surface area contributed by atoms with Gasteiger partial charge in [0.2, 0.25) is 5.91 Å². The number of likely N-dealkylation sites (N-methyl/N-ethyl adjacent to an activating group) is 1. The third-order valence-electron chi connectivity index (χ3n) is 4.47. The summed E-state index contributed by atoms with van der Waals surface area (Å²) in [5.41, 5.74) is 0.735. The molecule has 0 aromatic heterocycles. The molecule has 0 saturated carbocycles. The number of rotatable bonds is 4. The van der Waals surface area contributed by atoms with Gasteiger partial charge in [-0.15, -0.1) is 0 Å². The Morgan fingerprint density at radius 1 is 1.25 bits per heavy atom. The fourth-order valence-corrected chi connectivity index (χ4v) is 3.13. The van der Waals surface area contributed by atoms with Gasteiger partial charge in [-0.3, -0.25) is 9.59 Å². The molecule has 0 radical (unpaired) electrons. The maximum atomic E-state index is 14.0. The minimum absolute atomic E-state index is 0.0745. The number of fused-ring (bicyclic) bond motifs is 1. The highest BCUT2D eigenvalue weighted by Crippen LogP contribution is 2.34. The van der Waals surface area contributed by atoms with Gasteiger partial charge in [-0.1, -0.05) is 12.1 Å². The van der Waals surface area contributed by atoms with Crippen LogP contribution >= 0.6 is 0 Å². The average molecular weight is 388 g/mol. The Kier molecular flexibility index (Phi) is 5.30. The van der Waals surface area contributed by atoms with E-state index in [0.717, 1.165) is 19.2 Å². The molecule has 2 aromatic carbocycles. The van der Waals surface area contributed by atoms with E-state index in [1.54, 1.807) is 24.3 Å². The smallest absolute Gasteiger partial charge is 0.251 e. The fourth-order valence-electron chi connectivity index (χ4n) is 3.13. The standard InChI is InChI=1S/C20H18F2N2O4/c1-23-20(27)13-9-17(25)24(16-6-4-3-5-12(16)18(13)26)10-11-7-14(21)19(28-2)15(22)8-11/h3-8,26H,9-10H2,1-2H3,(H,23,27). The molecule has 1 aliphatic heterocycles. The van der Waals surface area contributed by atoms with Crippen molar-refractivity contribution >= 4 is 23.3 Å². The summed E-state index contributed by atoms with van der Waals surface area (Å²) in [5, 5.41) is 13.0. The average Bonchev–Trinajstić information content (AvgIpc) is 2.78. The fraction of sp³-hybridized carbons (Fsp3) is 0.200. The van der Waals surface area contributed by atoms with Crippen LogP contribution in [0.4, 0.5) is 14.5 Å². The number of carbonyl (C=O) groups is 2. The predicted octanol–water partition coefficient (Wildman–Crippen LogP) is 2.93. The number of para-hydroxylation sites is 1. The summed E-state index contributed by atoms with van der Waals surface area (Å²) in [6.07, 6.45) is -0.360. The molecule has 1 heterocycles. The van der Waals surface area contributed by atoms with Gasteiger partial charge in [-0.2, -0.15) is 0 Å². The molecule has 2 amide bonds. The largest absolute Gasteiger partial charge is 0.507 e. The van der Waals surface area contributed by atoms with E-state index in [1.807, 2.05) is 0 Å². The molecule has 2 aromatic rings. The second-order valence-electron chi connectivity index (χ2n) is 6.17. The van der Waals surface area contributed by atoms with Crippen molar-refractivity contribution in [3.8, 4) is 5.75 Å². The van der Waals surface area contributed by atoms with E-state index in [2.05, 4.69) is 10.1 Å². The zero-order valence-corrected chi connectivity index (χ0v) is 15.3. The Bertz CT molecular complexity index is 965. The lowest BCUT2D eigenvalue weighted by atomic mass is 10.1. The number of aliphatic hydroxyl groups excluding tert-OH is 1. The van der Waals surface area contributed by atoms with Gasteiger partial charge in [0.05, 0.1) is 31.3 Å². The number of nitrogens with zero attached hydrogens (tertiary/aromatic N) is 1. The van der Waals surface area contributed by atoms with Crippen LogP contribution in [0.1, 0.15) is 17.5 Å². The van der Waals surface area contributed by atoms with Crippen LogP contribution in [-0.2, 0) is 16.1 Å². The molecule has 3 rings (SSSR count). The van der Waals surface area contributed by atoms with E-state index in [9.17, 15) is 23.5 Å². The van der Waals surface area contributed by atoms with E-state index in [4.69, 9.17) is 0 Å². The number of aliphatic hydroxyl groups is 1. The van der Waals surface area contributed by atoms with Gasteiger partial charge in [0.25, 0.3) is 5.91 Å². The monoisotopic (exact) mass is 388 g/mol. The lowest BCUT2D eigenvalue weighted by Crippen LogP contribution is -2.31. The van der Waals surface area contributed by atoms with Crippen LogP contribution in [0, 0.1) is 11.6 Å². The summed E-state index contributed by atoms with van der Waals surface area (Å²) in [7, 11) is 2.55. The zero-order valence-electron chi connectivity index (χ0n) is 15.3. The van der Waals surface area contributed by atoms with Crippen molar-refractivity contribution in [3.63, 3.8) is 0 Å². The molecule has 1 aliphatic rings. The lowest BCUT2D eigenvalue weighted by molar-refractivity contribution is -0.121. The maximum Gasteiger partial charge on any atom is 0.251 e. The molecule has 0 unspecified atom stereocenters. The predicted molar refractivity (Wildman–Crippen MR) is 98.8 cm³/mol. The first kappa shape index (κ1) is 19.3. The van der Waals surface area contributed by atoms with E-state index in [-0.39, 0.29) is 35.4 Å². The van der Waals surface area contributed by atoms with Gasteiger partial charge in [-0.25, -0.2) is 8.78 Å². The van der Waals surface area contributed by atoms with Crippen molar-refractivity contribution in [3.05, 3.63) is 64.7 Å². The van der Waals surface area contributed by atoms with Crippen LogP contribution in [0.5, 0.6) is 5.75 Å². The lowest BCUT2D eigenvalue weighted by Gasteiger charge is -2.23. The normalized spacial score (nSPS) is 13.9. The van der Waals surface area contributed by atoms with Crippen molar-refractivity contribution in [2.45, 2.75) is 13.0 Å². The molecule has 2 N–H and O–H groups in total. The number of hydrogen-bond donors (Lipinski definition) is 2. The molecular formula is C20H18F2N2O4. The molecule has 0 fully saturated rings. The number of hydrogen-bond acceptors (Lipinski definition) is 4. The zero-order chi connectivity index (χ0) is 20.4. The van der Waals surface area contributed by atoms with Crippen molar-refractivity contribution < 1.29 is 28.2 Å². The Balaban J connectivity index is 2.06. The van der Waals surface area contributed by atoms with Crippen LogP contribution in [-0.4, -0.2) is 31.1 Å². The molecule has 146 valence electrons. The maximum absolute atomic E-state index is 14.0. The van der Waals surface area contributed by atoms with E-state index in [0.29, 0.717) is 5.69 Å². The van der Waals surface area contributed by atoms with Gasteiger partial charge in [0.15, 0.2) is 17.4 Å². The SMILES string of the molecule is CNC(=O)C1=C(O)c2ccccc2N(Cc2cc(F)c(OC)c(F)c2)C(=O)C1. The molecular weight excluding hydrogens is 370 g/mol. The number of anilines is 1. The summed E-state index contributed by atoms with van der Waals surface area (Å²) in [6, 6.07) is 8.62. The van der Waals surface area contributed by atoms with Gasteiger partial charge in [0, 0.05) is 12.6 Å². The van der Waals surface area contributed by atoms with Crippen molar-refractivity contribution in [1.82, 2.24) is 5.32 Å². The highest BCUT2D eigenvalue weighted by Gasteiger charge is 2.30. The van der Waals surface area contributed by atoms with E-state index in [1.165, 1.54) is 11.9 Å². The van der Waals surface area contributed by atoms with Gasteiger partial charge in [-0.05, 0) is 29.8 Å². The first-order chi connectivity index (χ1) is 13.4. The minimum Gasteiger partial charge on any atom is -0.507 e. The van der Waals surface area contributed by atoms with Crippen molar-refractivity contribution in [2.75, 3.05) is 19.1 Å². The van der Waals surface area contributed by atoms with Crippen LogP contribution in [0.3, 0.4) is 0 Å². The number of nitrogens with one attached hydrogen (secondary N) is 1. The summed E-state index contributed by atoms with van der Waals surface area (Å²) in [4.78, 5) is 26.2. The highest BCUT2D eigenvalue weighted by molar-refractivity contribution is 6.10. The van der Waals surface area contributed by atoms with Crippen LogP contribution in [0.15, 0.2) is 42.0 Å². The molecule has 28 heavy (non-hydrogen) atoms. The van der Waals surface area contributed by atoms with Crippen LogP contribution in [0.2, 0.25) is 0 Å². The number of amides is 2. The molecule has 0 atom stereocenters. The third-order valence-corrected chi connectivity index (χ3v) is 4.47. The number of carbonyl (C=O) groups excluding carboxylic acids is 2.